The van der Waals surface area contributed by atoms with Gasteiger partial charge in [0.25, 0.3) is 5.91 Å². The molecule has 3 aromatic rings. The predicted octanol–water partition coefficient (Wildman–Crippen LogP) is 5.47. The van der Waals surface area contributed by atoms with E-state index in [1.165, 1.54) is 36.3 Å². The Morgan fingerprint density at radius 3 is 2.67 bits per heavy atom. The van der Waals surface area contributed by atoms with Gasteiger partial charge in [-0.1, -0.05) is 36.9 Å². The standard InChI is InChI=1S/C32H40N6O/c1-4-5-8-27-23(2)36(3)22-28(27)26-15-16-37(21-26)20-24-13-17-38(18-14-24)31-12-11-25(19-34-31)32(39)35-30-10-7-6-9-29(30)33/h4-12,19,22,24,26H,1,13-18,20-21,33H2,2-3H3,(H,35,39)/b8-5-. The number of nitrogens with one attached hydrogen (secondary N) is 1. The van der Waals surface area contributed by atoms with Crippen molar-refractivity contribution in [2.45, 2.75) is 32.1 Å². The highest BCUT2D eigenvalue weighted by Gasteiger charge is 2.30. The minimum atomic E-state index is -0.205. The lowest BCUT2D eigenvalue weighted by Crippen LogP contribution is -2.38. The van der Waals surface area contributed by atoms with Crippen LogP contribution in [-0.2, 0) is 7.05 Å². The first-order chi connectivity index (χ1) is 18.9. The molecule has 7 nitrogen and oxygen atoms in total. The average molecular weight is 525 g/mol. The molecule has 2 aliphatic heterocycles. The summed E-state index contributed by atoms with van der Waals surface area (Å²) in [6.45, 7) is 11.5. The van der Waals surface area contributed by atoms with Crippen molar-refractivity contribution in [3.63, 3.8) is 0 Å². The van der Waals surface area contributed by atoms with Crippen molar-refractivity contribution in [1.29, 1.82) is 0 Å². The zero-order valence-electron chi connectivity index (χ0n) is 23.1. The Morgan fingerprint density at radius 2 is 1.95 bits per heavy atom. The molecule has 204 valence electrons. The molecule has 1 amide bonds. The van der Waals surface area contributed by atoms with E-state index in [1.807, 2.05) is 36.4 Å². The third-order valence-corrected chi connectivity index (χ3v) is 8.35. The number of hydrogen-bond donors (Lipinski definition) is 2. The summed E-state index contributed by atoms with van der Waals surface area (Å²) in [5.41, 5.74) is 11.8. The van der Waals surface area contributed by atoms with Gasteiger partial charge in [0.15, 0.2) is 0 Å². The molecule has 7 heteroatoms. The summed E-state index contributed by atoms with van der Waals surface area (Å²) in [5.74, 6) is 2.03. The van der Waals surface area contributed by atoms with Gasteiger partial charge in [-0.3, -0.25) is 4.79 Å². The van der Waals surface area contributed by atoms with Gasteiger partial charge in [-0.15, -0.1) is 0 Å². The SMILES string of the molecule is C=C/C=C\c1c(C2CCN(CC3CCN(c4ccc(C(=O)Nc5ccccc5N)cn4)CC3)C2)cn(C)c1C. The zero-order valence-corrected chi connectivity index (χ0v) is 23.1. The van der Waals surface area contributed by atoms with E-state index in [-0.39, 0.29) is 5.91 Å². The summed E-state index contributed by atoms with van der Waals surface area (Å²) in [7, 11) is 2.14. The number of benzene rings is 1. The van der Waals surface area contributed by atoms with Gasteiger partial charge in [0.1, 0.15) is 5.82 Å². The van der Waals surface area contributed by atoms with Crippen LogP contribution in [0.4, 0.5) is 17.2 Å². The molecular formula is C32H40N6O. The summed E-state index contributed by atoms with van der Waals surface area (Å²) in [5, 5.41) is 2.86. The Morgan fingerprint density at radius 1 is 1.15 bits per heavy atom. The number of allylic oxidation sites excluding steroid dienone is 2. The Balaban J connectivity index is 1.11. The fourth-order valence-electron chi connectivity index (χ4n) is 5.96. The van der Waals surface area contributed by atoms with Crippen LogP contribution in [-0.4, -0.2) is 53.1 Å². The van der Waals surface area contributed by atoms with Gasteiger partial charge < -0.3 is 25.4 Å². The number of hydrogen-bond acceptors (Lipinski definition) is 5. The van der Waals surface area contributed by atoms with Crippen LogP contribution in [0.1, 0.15) is 52.4 Å². The highest BCUT2D eigenvalue weighted by Crippen LogP contribution is 2.34. The number of piperidine rings is 1. The Labute approximate surface area is 232 Å². The molecular weight excluding hydrogens is 484 g/mol. The topological polar surface area (TPSA) is 79.4 Å². The van der Waals surface area contributed by atoms with Crippen LogP contribution in [0.15, 0.2) is 67.5 Å². The summed E-state index contributed by atoms with van der Waals surface area (Å²) in [4.78, 5) is 22.2. The monoisotopic (exact) mass is 524 g/mol. The molecule has 1 unspecified atom stereocenters. The van der Waals surface area contributed by atoms with Crippen molar-refractivity contribution < 1.29 is 4.79 Å². The second-order valence-electron chi connectivity index (χ2n) is 10.9. The Hall–Kier alpha value is -3.84. The lowest BCUT2D eigenvalue weighted by atomic mass is 9.95. The highest BCUT2D eigenvalue weighted by atomic mass is 16.1. The normalized spacial score (nSPS) is 18.6. The first-order valence-corrected chi connectivity index (χ1v) is 14.0. The molecule has 0 aliphatic carbocycles. The summed E-state index contributed by atoms with van der Waals surface area (Å²) in [6.07, 6.45) is 13.6. The van der Waals surface area contributed by atoms with E-state index < -0.39 is 0 Å². The minimum Gasteiger partial charge on any atom is -0.397 e. The van der Waals surface area contributed by atoms with Crippen molar-refractivity contribution in [2.75, 3.05) is 48.7 Å². The number of carbonyl (C=O) groups excluding carboxylic acids is 1. The number of anilines is 3. The molecule has 2 aliphatic rings. The number of rotatable bonds is 8. The Bertz CT molecular complexity index is 1330. The number of likely N-dealkylation sites (tertiary alicyclic amines) is 1. The van der Waals surface area contributed by atoms with Crippen molar-refractivity contribution in [1.82, 2.24) is 14.5 Å². The predicted molar refractivity (Wildman–Crippen MR) is 161 cm³/mol. The van der Waals surface area contributed by atoms with Gasteiger partial charge in [0, 0.05) is 51.3 Å². The maximum Gasteiger partial charge on any atom is 0.257 e. The van der Waals surface area contributed by atoms with Crippen LogP contribution in [0.2, 0.25) is 0 Å². The molecule has 2 fully saturated rings. The maximum atomic E-state index is 12.6. The number of pyridine rings is 1. The van der Waals surface area contributed by atoms with Crippen LogP contribution in [0.25, 0.3) is 6.08 Å². The second kappa shape index (κ2) is 11.9. The Kier molecular flexibility index (Phi) is 8.17. The third kappa shape index (κ3) is 6.09. The van der Waals surface area contributed by atoms with Crippen molar-refractivity contribution in [2.24, 2.45) is 13.0 Å². The van der Waals surface area contributed by atoms with Crippen LogP contribution < -0.4 is 16.0 Å². The lowest BCUT2D eigenvalue weighted by Gasteiger charge is -2.34. The largest absolute Gasteiger partial charge is 0.397 e. The van der Waals surface area contributed by atoms with E-state index in [1.54, 1.807) is 18.3 Å². The molecule has 39 heavy (non-hydrogen) atoms. The molecule has 5 rings (SSSR count). The van der Waals surface area contributed by atoms with Crippen LogP contribution in [0, 0.1) is 12.8 Å². The van der Waals surface area contributed by atoms with Gasteiger partial charge in [-0.25, -0.2) is 4.98 Å². The van der Waals surface area contributed by atoms with Crippen molar-refractivity contribution >= 4 is 29.2 Å². The number of aryl methyl sites for hydroxylation is 1. The smallest absolute Gasteiger partial charge is 0.257 e. The van der Waals surface area contributed by atoms with E-state index in [0.717, 1.165) is 38.3 Å². The first-order valence-electron chi connectivity index (χ1n) is 14.0. The molecule has 2 saturated heterocycles. The molecule has 4 heterocycles. The van der Waals surface area contributed by atoms with E-state index in [2.05, 4.69) is 57.5 Å². The number of nitrogens with two attached hydrogens (primary N) is 1. The van der Waals surface area contributed by atoms with E-state index in [9.17, 15) is 4.79 Å². The maximum absolute atomic E-state index is 12.6. The molecule has 0 radical (unpaired) electrons. The number of amides is 1. The molecule has 1 aromatic carbocycles. The number of nitrogen functional groups attached to an aromatic ring is 1. The average Bonchev–Trinajstić information content (AvgIpc) is 3.53. The molecule has 0 bridgehead atoms. The summed E-state index contributed by atoms with van der Waals surface area (Å²) >= 11 is 0. The van der Waals surface area contributed by atoms with Crippen LogP contribution >= 0.6 is 0 Å². The van der Waals surface area contributed by atoms with Gasteiger partial charge in [0.05, 0.1) is 16.9 Å². The van der Waals surface area contributed by atoms with Crippen molar-refractivity contribution in [3.05, 3.63) is 89.9 Å². The fourth-order valence-corrected chi connectivity index (χ4v) is 5.96. The number of carbonyl (C=O) groups is 1. The molecule has 3 N–H and O–H groups in total. The van der Waals surface area contributed by atoms with Gasteiger partial charge >= 0.3 is 0 Å². The van der Waals surface area contributed by atoms with Gasteiger partial charge in [-0.05, 0) is 80.0 Å². The van der Waals surface area contributed by atoms with E-state index >= 15 is 0 Å². The first kappa shape index (κ1) is 26.8. The molecule has 0 spiro atoms. The second-order valence-corrected chi connectivity index (χ2v) is 10.9. The van der Waals surface area contributed by atoms with Crippen molar-refractivity contribution in [3.8, 4) is 0 Å². The van der Waals surface area contributed by atoms with Crippen LogP contribution in [0.3, 0.4) is 0 Å². The van der Waals surface area contributed by atoms with Crippen LogP contribution in [0.5, 0.6) is 0 Å². The molecule has 1 atom stereocenters. The molecule has 0 saturated carbocycles. The number of nitrogens with zero attached hydrogens (tertiary/aromatic N) is 4. The molecule has 2 aromatic heterocycles. The zero-order chi connectivity index (χ0) is 27.4. The number of para-hydroxylation sites is 2. The lowest BCUT2D eigenvalue weighted by molar-refractivity contribution is 0.102. The summed E-state index contributed by atoms with van der Waals surface area (Å²) < 4.78 is 2.25. The van der Waals surface area contributed by atoms with Gasteiger partial charge in [-0.2, -0.15) is 0 Å². The third-order valence-electron chi connectivity index (χ3n) is 8.35. The van der Waals surface area contributed by atoms with E-state index in [4.69, 9.17) is 5.73 Å². The van der Waals surface area contributed by atoms with E-state index in [0.29, 0.717) is 28.8 Å². The highest BCUT2D eigenvalue weighted by molar-refractivity contribution is 6.05. The fraction of sp³-hybridized carbons (Fsp3) is 0.375. The minimum absolute atomic E-state index is 0.205. The number of aromatic nitrogens is 2. The summed E-state index contributed by atoms with van der Waals surface area (Å²) in [6, 6.07) is 11.1. The quantitative estimate of drug-likeness (QED) is 0.302. The van der Waals surface area contributed by atoms with Gasteiger partial charge in [0.2, 0.25) is 0 Å².